The fourth-order valence-corrected chi connectivity index (χ4v) is 1.70. The van der Waals surface area contributed by atoms with Crippen molar-refractivity contribution in [3.63, 3.8) is 0 Å². The Morgan fingerprint density at radius 2 is 1.83 bits per heavy atom. The first-order valence-electron chi connectivity index (χ1n) is 7.08. The fraction of sp³-hybridized carbons (Fsp3) is 0.929. The van der Waals surface area contributed by atoms with Crippen molar-refractivity contribution in [3.8, 4) is 0 Å². The fourth-order valence-electron chi connectivity index (χ4n) is 1.70. The van der Waals surface area contributed by atoms with Crippen LogP contribution < -0.4 is 11.1 Å². The number of rotatable bonds is 9. The summed E-state index contributed by atoms with van der Waals surface area (Å²) in [6.45, 7) is 10.3. The van der Waals surface area contributed by atoms with Crippen LogP contribution in [0.1, 0.15) is 47.0 Å². The Balaban J connectivity index is 3.57. The van der Waals surface area contributed by atoms with Crippen LogP contribution in [0.5, 0.6) is 0 Å². The second-order valence-corrected chi connectivity index (χ2v) is 5.81. The average Bonchev–Trinajstić information content (AvgIpc) is 2.26. The molecule has 0 aliphatic rings. The van der Waals surface area contributed by atoms with Gasteiger partial charge in [-0.1, -0.05) is 13.8 Å². The van der Waals surface area contributed by atoms with E-state index in [1.807, 2.05) is 0 Å². The SMILES string of the molecule is CC(C)CC(N)C(=O)NCCCCN(C)C(C)C. The van der Waals surface area contributed by atoms with E-state index < -0.39 is 0 Å². The van der Waals surface area contributed by atoms with E-state index in [4.69, 9.17) is 5.73 Å². The van der Waals surface area contributed by atoms with Crippen LogP contribution >= 0.6 is 0 Å². The van der Waals surface area contributed by atoms with Gasteiger partial charge in [0.15, 0.2) is 0 Å². The minimum atomic E-state index is -0.358. The number of hydrogen-bond acceptors (Lipinski definition) is 3. The average molecular weight is 257 g/mol. The van der Waals surface area contributed by atoms with Crippen molar-refractivity contribution in [1.82, 2.24) is 10.2 Å². The maximum atomic E-state index is 11.6. The Kier molecular flexibility index (Phi) is 9.02. The highest BCUT2D eigenvalue weighted by atomic mass is 16.2. The van der Waals surface area contributed by atoms with Gasteiger partial charge in [-0.3, -0.25) is 4.79 Å². The number of nitrogens with zero attached hydrogens (tertiary/aromatic N) is 1. The predicted octanol–water partition coefficient (Wildman–Crippen LogP) is 1.60. The van der Waals surface area contributed by atoms with Gasteiger partial charge in [0, 0.05) is 12.6 Å². The maximum Gasteiger partial charge on any atom is 0.236 e. The summed E-state index contributed by atoms with van der Waals surface area (Å²) in [6.07, 6.45) is 2.87. The van der Waals surface area contributed by atoms with Gasteiger partial charge in [-0.05, 0) is 52.6 Å². The molecule has 0 saturated heterocycles. The summed E-state index contributed by atoms with van der Waals surface area (Å²) < 4.78 is 0. The lowest BCUT2D eigenvalue weighted by Gasteiger charge is -2.20. The first-order chi connectivity index (χ1) is 8.34. The van der Waals surface area contributed by atoms with Crippen LogP contribution in [0, 0.1) is 5.92 Å². The highest BCUT2D eigenvalue weighted by molar-refractivity contribution is 5.81. The van der Waals surface area contributed by atoms with Crippen molar-refractivity contribution >= 4 is 5.91 Å². The Bertz CT molecular complexity index is 229. The normalized spacial score (nSPS) is 13.4. The molecule has 0 aromatic heterocycles. The number of carbonyl (C=O) groups is 1. The minimum absolute atomic E-state index is 0.0130. The lowest BCUT2D eigenvalue weighted by Crippen LogP contribution is -2.41. The molecule has 0 aliphatic heterocycles. The zero-order valence-corrected chi connectivity index (χ0v) is 12.7. The highest BCUT2D eigenvalue weighted by Crippen LogP contribution is 2.02. The number of amides is 1. The first-order valence-corrected chi connectivity index (χ1v) is 7.08. The van der Waals surface area contributed by atoms with Crippen molar-refractivity contribution < 1.29 is 4.79 Å². The summed E-state index contributed by atoms with van der Waals surface area (Å²) in [5.41, 5.74) is 5.80. The highest BCUT2D eigenvalue weighted by Gasteiger charge is 2.13. The Morgan fingerprint density at radius 3 is 2.33 bits per heavy atom. The Hall–Kier alpha value is -0.610. The van der Waals surface area contributed by atoms with Crippen LogP contribution in [0.2, 0.25) is 0 Å². The molecule has 0 bridgehead atoms. The Labute approximate surface area is 112 Å². The summed E-state index contributed by atoms with van der Waals surface area (Å²) in [5.74, 6) is 0.450. The van der Waals surface area contributed by atoms with Crippen LogP contribution in [-0.4, -0.2) is 43.0 Å². The Morgan fingerprint density at radius 1 is 1.22 bits per heavy atom. The number of hydrogen-bond donors (Lipinski definition) is 2. The van der Waals surface area contributed by atoms with Gasteiger partial charge in [-0.15, -0.1) is 0 Å². The third kappa shape index (κ3) is 8.48. The minimum Gasteiger partial charge on any atom is -0.355 e. The molecule has 0 aliphatic carbocycles. The van der Waals surface area contributed by atoms with Crippen LogP contribution in [0.4, 0.5) is 0 Å². The standard InChI is InChI=1S/C14H31N3O/c1-11(2)10-13(15)14(18)16-8-6-7-9-17(5)12(3)4/h11-13H,6-10,15H2,1-5H3,(H,16,18). The molecule has 0 fully saturated rings. The van der Waals surface area contributed by atoms with Gasteiger partial charge in [0.25, 0.3) is 0 Å². The van der Waals surface area contributed by atoms with Crippen LogP contribution in [0.3, 0.4) is 0 Å². The number of nitrogens with two attached hydrogens (primary N) is 1. The molecule has 0 heterocycles. The van der Waals surface area contributed by atoms with Gasteiger partial charge in [-0.2, -0.15) is 0 Å². The second-order valence-electron chi connectivity index (χ2n) is 5.81. The monoisotopic (exact) mass is 257 g/mol. The van der Waals surface area contributed by atoms with Gasteiger partial charge in [-0.25, -0.2) is 0 Å². The van der Waals surface area contributed by atoms with E-state index in [1.165, 1.54) is 0 Å². The van der Waals surface area contributed by atoms with Gasteiger partial charge >= 0.3 is 0 Å². The van der Waals surface area contributed by atoms with Crippen molar-refractivity contribution in [1.29, 1.82) is 0 Å². The third-order valence-electron chi connectivity index (χ3n) is 3.18. The molecule has 1 atom stereocenters. The van der Waals surface area contributed by atoms with Gasteiger partial charge < -0.3 is 16.0 Å². The molecule has 0 aromatic carbocycles. The third-order valence-corrected chi connectivity index (χ3v) is 3.18. The van der Waals surface area contributed by atoms with Crippen LogP contribution in [0.25, 0.3) is 0 Å². The maximum absolute atomic E-state index is 11.6. The van der Waals surface area contributed by atoms with E-state index in [0.717, 1.165) is 32.4 Å². The molecule has 1 unspecified atom stereocenters. The quantitative estimate of drug-likeness (QED) is 0.617. The summed E-state index contributed by atoms with van der Waals surface area (Å²) in [4.78, 5) is 13.9. The lowest BCUT2D eigenvalue weighted by molar-refractivity contribution is -0.122. The predicted molar refractivity (Wildman–Crippen MR) is 77.4 cm³/mol. The van der Waals surface area contributed by atoms with E-state index in [1.54, 1.807) is 0 Å². The summed E-state index contributed by atoms with van der Waals surface area (Å²) in [5, 5.41) is 2.91. The molecule has 0 aromatic rings. The van der Waals surface area contributed by atoms with E-state index in [-0.39, 0.29) is 11.9 Å². The number of carbonyl (C=O) groups excluding carboxylic acids is 1. The van der Waals surface area contributed by atoms with Crippen molar-refractivity contribution in [2.75, 3.05) is 20.1 Å². The zero-order chi connectivity index (χ0) is 14.1. The second kappa shape index (κ2) is 9.34. The molecule has 0 saturated carbocycles. The summed E-state index contributed by atoms with van der Waals surface area (Å²) in [6, 6.07) is 0.224. The number of nitrogens with one attached hydrogen (secondary N) is 1. The van der Waals surface area contributed by atoms with Crippen LogP contribution in [0.15, 0.2) is 0 Å². The largest absolute Gasteiger partial charge is 0.355 e. The van der Waals surface area contributed by atoms with E-state index in [2.05, 4.69) is 45.0 Å². The van der Waals surface area contributed by atoms with Crippen molar-refractivity contribution in [2.24, 2.45) is 11.7 Å². The van der Waals surface area contributed by atoms with Crippen molar-refractivity contribution in [2.45, 2.75) is 59.0 Å². The molecule has 1 amide bonds. The van der Waals surface area contributed by atoms with E-state index >= 15 is 0 Å². The molecule has 0 rings (SSSR count). The van der Waals surface area contributed by atoms with Crippen molar-refractivity contribution in [3.05, 3.63) is 0 Å². The molecule has 0 spiro atoms. The molecule has 4 nitrogen and oxygen atoms in total. The van der Waals surface area contributed by atoms with E-state index in [9.17, 15) is 4.79 Å². The lowest BCUT2D eigenvalue weighted by atomic mass is 10.0. The van der Waals surface area contributed by atoms with Gasteiger partial charge in [0.2, 0.25) is 5.91 Å². The molecule has 0 radical (unpaired) electrons. The summed E-state index contributed by atoms with van der Waals surface area (Å²) in [7, 11) is 2.13. The molecule has 108 valence electrons. The number of unbranched alkanes of at least 4 members (excludes halogenated alkanes) is 1. The smallest absolute Gasteiger partial charge is 0.236 e. The molecule has 4 heteroatoms. The molecule has 18 heavy (non-hydrogen) atoms. The molecular formula is C14H31N3O. The first kappa shape index (κ1) is 17.4. The van der Waals surface area contributed by atoms with Gasteiger partial charge in [0.1, 0.15) is 0 Å². The van der Waals surface area contributed by atoms with E-state index in [0.29, 0.717) is 12.0 Å². The topological polar surface area (TPSA) is 58.4 Å². The summed E-state index contributed by atoms with van der Waals surface area (Å²) >= 11 is 0. The van der Waals surface area contributed by atoms with Crippen LogP contribution in [-0.2, 0) is 4.79 Å². The zero-order valence-electron chi connectivity index (χ0n) is 12.7. The molecule has 3 N–H and O–H groups in total. The molecular weight excluding hydrogens is 226 g/mol. The van der Waals surface area contributed by atoms with Gasteiger partial charge in [0.05, 0.1) is 6.04 Å².